The van der Waals surface area contributed by atoms with Gasteiger partial charge in [-0.2, -0.15) is 0 Å². The van der Waals surface area contributed by atoms with Gasteiger partial charge in [0.15, 0.2) is 0 Å². The number of rotatable bonds is 4. The molecule has 2 rings (SSSR count). The van der Waals surface area contributed by atoms with E-state index in [2.05, 4.69) is 24.1 Å². The number of carbonyl (C=O) groups excluding carboxylic acids is 2. The fraction of sp³-hybridized carbons (Fsp3) is 0.867. The first-order valence-electron chi connectivity index (χ1n) is 7.83. The summed E-state index contributed by atoms with van der Waals surface area (Å²) >= 11 is 0. The van der Waals surface area contributed by atoms with Gasteiger partial charge in [0.2, 0.25) is 11.8 Å². The maximum Gasteiger partial charge on any atom is 0.242 e. The SMILES string of the molecule is CCC1C(=O)NCCN1C(=O)C1CCN(CC(C)C)C1. The lowest BCUT2D eigenvalue weighted by molar-refractivity contribution is -0.146. The van der Waals surface area contributed by atoms with Crippen LogP contribution in [0.1, 0.15) is 33.6 Å². The molecule has 0 radical (unpaired) electrons. The molecular formula is C15H27N3O2. The van der Waals surface area contributed by atoms with Gasteiger partial charge in [-0.05, 0) is 25.3 Å². The summed E-state index contributed by atoms with van der Waals surface area (Å²) in [5.41, 5.74) is 0. The van der Waals surface area contributed by atoms with E-state index < -0.39 is 0 Å². The Morgan fingerprint density at radius 2 is 2.15 bits per heavy atom. The first kappa shape index (κ1) is 15.3. The molecule has 2 atom stereocenters. The molecule has 0 bridgehead atoms. The minimum atomic E-state index is -0.268. The number of nitrogens with one attached hydrogen (secondary N) is 1. The molecule has 0 saturated carbocycles. The number of hydrogen-bond acceptors (Lipinski definition) is 3. The van der Waals surface area contributed by atoms with E-state index in [9.17, 15) is 9.59 Å². The van der Waals surface area contributed by atoms with Crippen molar-refractivity contribution in [3.8, 4) is 0 Å². The summed E-state index contributed by atoms with van der Waals surface area (Å²) in [7, 11) is 0. The lowest BCUT2D eigenvalue weighted by atomic mass is 10.0. The summed E-state index contributed by atoms with van der Waals surface area (Å²) < 4.78 is 0. The number of nitrogens with zero attached hydrogens (tertiary/aromatic N) is 2. The van der Waals surface area contributed by atoms with Crippen molar-refractivity contribution < 1.29 is 9.59 Å². The van der Waals surface area contributed by atoms with Crippen LogP contribution in [0, 0.1) is 11.8 Å². The molecule has 2 aliphatic heterocycles. The normalized spacial score (nSPS) is 28.0. The maximum atomic E-state index is 12.7. The lowest BCUT2D eigenvalue weighted by Gasteiger charge is -2.36. The average molecular weight is 281 g/mol. The zero-order valence-electron chi connectivity index (χ0n) is 12.9. The topological polar surface area (TPSA) is 52.7 Å². The van der Waals surface area contributed by atoms with Crippen molar-refractivity contribution in [1.29, 1.82) is 0 Å². The van der Waals surface area contributed by atoms with E-state index in [4.69, 9.17) is 0 Å². The zero-order valence-corrected chi connectivity index (χ0v) is 12.9. The van der Waals surface area contributed by atoms with Crippen molar-refractivity contribution in [3.05, 3.63) is 0 Å². The van der Waals surface area contributed by atoms with E-state index in [-0.39, 0.29) is 23.8 Å². The second kappa shape index (κ2) is 6.57. The summed E-state index contributed by atoms with van der Waals surface area (Å²) in [5.74, 6) is 0.892. The Hall–Kier alpha value is -1.10. The molecule has 1 N–H and O–H groups in total. The molecule has 0 aromatic rings. The van der Waals surface area contributed by atoms with Crippen molar-refractivity contribution in [2.75, 3.05) is 32.7 Å². The Balaban J connectivity index is 1.95. The standard InChI is InChI=1S/C15H27N3O2/c1-4-13-14(19)16-6-8-18(13)15(20)12-5-7-17(10-12)9-11(2)3/h11-13H,4-10H2,1-3H3,(H,16,19). The van der Waals surface area contributed by atoms with Gasteiger partial charge in [0.25, 0.3) is 0 Å². The van der Waals surface area contributed by atoms with E-state index in [1.165, 1.54) is 0 Å². The van der Waals surface area contributed by atoms with Crippen LogP contribution in [0.15, 0.2) is 0 Å². The van der Waals surface area contributed by atoms with E-state index in [1.807, 2.05) is 11.8 Å². The highest BCUT2D eigenvalue weighted by molar-refractivity contribution is 5.89. The molecule has 114 valence electrons. The van der Waals surface area contributed by atoms with Crippen LogP contribution in [0.25, 0.3) is 0 Å². The molecule has 2 heterocycles. The van der Waals surface area contributed by atoms with Gasteiger partial charge in [0.1, 0.15) is 6.04 Å². The van der Waals surface area contributed by atoms with Crippen molar-refractivity contribution in [2.45, 2.75) is 39.7 Å². The van der Waals surface area contributed by atoms with Crippen LogP contribution in [-0.4, -0.2) is 60.4 Å². The van der Waals surface area contributed by atoms with E-state index in [1.54, 1.807) is 0 Å². The van der Waals surface area contributed by atoms with Gasteiger partial charge in [0.05, 0.1) is 5.92 Å². The highest BCUT2D eigenvalue weighted by atomic mass is 16.2. The molecule has 2 aliphatic rings. The van der Waals surface area contributed by atoms with Crippen LogP contribution >= 0.6 is 0 Å². The summed E-state index contributed by atoms with van der Waals surface area (Å²) in [6, 6.07) is -0.268. The predicted octanol–water partition coefficient (Wildman–Crippen LogP) is 0.701. The summed E-state index contributed by atoms with van der Waals surface area (Å²) in [6.07, 6.45) is 1.63. The smallest absolute Gasteiger partial charge is 0.242 e. The average Bonchev–Trinajstić information content (AvgIpc) is 2.85. The zero-order chi connectivity index (χ0) is 14.7. The van der Waals surface area contributed by atoms with Gasteiger partial charge in [-0.1, -0.05) is 20.8 Å². The monoisotopic (exact) mass is 281 g/mol. The van der Waals surface area contributed by atoms with Gasteiger partial charge in [-0.15, -0.1) is 0 Å². The molecule has 5 nitrogen and oxygen atoms in total. The first-order valence-corrected chi connectivity index (χ1v) is 7.83. The Bertz CT molecular complexity index is 370. The van der Waals surface area contributed by atoms with Gasteiger partial charge >= 0.3 is 0 Å². The fourth-order valence-electron chi connectivity index (χ4n) is 3.34. The number of carbonyl (C=O) groups is 2. The largest absolute Gasteiger partial charge is 0.353 e. The van der Waals surface area contributed by atoms with Crippen molar-refractivity contribution in [1.82, 2.24) is 15.1 Å². The number of hydrogen-bond donors (Lipinski definition) is 1. The fourth-order valence-corrected chi connectivity index (χ4v) is 3.34. The third-order valence-electron chi connectivity index (χ3n) is 4.25. The highest BCUT2D eigenvalue weighted by Gasteiger charge is 2.37. The third-order valence-corrected chi connectivity index (χ3v) is 4.25. The van der Waals surface area contributed by atoms with Crippen LogP contribution in [0.4, 0.5) is 0 Å². The molecule has 0 aromatic heterocycles. The Labute approximate surface area is 121 Å². The molecule has 2 unspecified atom stereocenters. The van der Waals surface area contributed by atoms with Crippen LogP contribution in [0.2, 0.25) is 0 Å². The van der Waals surface area contributed by atoms with Crippen LogP contribution in [0.3, 0.4) is 0 Å². The molecule has 0 spiro atoms. The quantitative estimate of drug-likeness (QED) is 0.825. The van der Waals surface area contributed by atoms with Crippen LogP contribution in [-0.2, 0) is 9.59 Å². The minimum absolute atomic E-state index is 0.00383. The van der Waals surface area contributed by atoms with Crippen LogP contribution < -0.4 is 5.32 Å². The Morgan fingerprint density at radius 3 is 2.80 bits per heavy atom. The number of likely N-dealkylation sites (tertiary alicyclic amines) is 1. The Kier molecular flexibility index (Phi) is 5.02. The molecule has 20 heavy (non-hydrogen) atoms. The van der Waals surface area contributed by atoms with Crippen LogP contribution in [0.5, 0.6) is 0 Å². The molecule has 5 heteroatoms. The van der Waals surface area contributed by atoms with Crippen molar-refractivity contribution >= 4 is 11.8 Å². The maximum absolute atomic E-state index is 12.7. The Morgan fingerprint density at radius 1 is 1.40 bits per heavy atom. The molecule has 2 saturated heterocycles. The lowest BCUT2D eigenvalue weighted by Crippen LogP contribution is -2.58. The first-order chi connectivity index (χ1) is 9.52. The molecule has 0 aromatic carbocycles. The van der Waals surface area contributed by atoms with Gasteiger partial charge in [0, 0.05) is 26.2 Å². The van der Waals surface area contributed by atoms with E-state index in [0.717, 1.165) is 26.1 Å². The molecule has 0 aliphatic carbocycles. The molecular weight excluding hydrogens is 254 g/mol. The summed E-state index contributed by atoms with van der Waals surface area (Å²) in [4.78, 5) is 28.7. The van der Waals surface area contributed by atoms with Gasteiger partial charge in [-0.25, -0.2) is 0 Å². The van der Waals surface area contributed by atoms with Crippen molar-refractivity contribution in [2.24, 2.45) is 11.8 Å². The van der Waals surface area contributed by atoms with Crippen molar-refractivity contribution in [3.63, 3.8) is 0 Å². The van der Waals surface area contributed by atoms with E-state index >= 15 is 0 Å². The predicted molar refractivity (Wildman–Crippen MR) is 78.2 cm³/mol. The second-order valence-corrected chi connectivity index (χ2v) is 6.39. The third kappa shape index (κ3) is 3.32. The number of amides is 2. The summed E-state index contributed by atoms with van der Waals surface area (Å²) in [6.45, 7) is 10.5. The summed E-state index contributed by atoms with van der Waals surface area (Å²) in [5, 5.41) is 2.85. The second-order valence-electron chi connectivity index (χ2n) is 6.39. The minimum Gasteiger partial charge on any atom is -0.353 e. The molecule has 2 fully saturated rings. The van der Waals surface area contributed by atoms with Gasteiger partial charge < -0.3 is 15.1 Å². The number of piperazine rings is 1. The van der Waals surface area contributed by atoms with Gasteiger partial charge in [-0.3, -0.25) is 9.59 Å². The highest BCUT2D eigenvalue weighted by Crippen LogP contribution is 2.22. The molecule has 2 amide bonds. The van der Waals surface area contributed by atoms with E-state index in [0.29, 0.717) is 25.4 Å².